The van der Waals surface area contributed by atoms with Crippen LogP contribution in [-0.2, 0) is 0 Å². The van der Waals surface area contributed by atoms with E-state index >= 15 is 0 Å². The lowest BCUT2D eigenvalue weighted by molar-refractivity contribution is 0.269. The Bertz CT molecular complexity index is 339. The quantitative estimate of drug-likeness (QED) is 0.875. The zero-order chi connectivity index (χ0) is 11.4. The number of anilines is 1. The zero-order valence-corrected chi connectivity index (χ0v) is 10.2. The summed E-state index contributed by atoms with van der Waals surface area (Å²) in [6.07, 6.45) is 4.35. The standard InChI is InChI=1S/C11H17ClN4/c1-9(16-4-2-3-5-16)7-13-10-6-11(12)15-14-8-10/h6,8-9H,2-5,7H2,1H3,(H,13,15). The molecule has 1 aliphatic heterocycles. The maximum Gasteiger partial charge on any atom is 0.153 e. The fraction of sp³-hybridized carbons (Fsp3) is 0.636. The summed E-state index contributed by atoms with van der Waals surface area (Å²) in [4.78, 5) is 2.50. The summed E-state index contributed by atoms with van der Waals surface area (Å²) in [5, 5.41) is 11.3. The predicted molar refractivity (Wildman–Crippen MR) is 65.8 cm³/mol. The summed E-state index contributed by atoms with van der Waals surface area (Å²) in [6.45, 7) is 5.60. The second kappa shape index (κ2) is 5.46. The first-order valence-electron chi connectivity index (χ1n) is 5.72. The minimum absolute atomic E-state index is 0.429. The largest absolute Gasteiger partial charge is 0.382 e. The number of hydrogen-bond acceptors (Lipinski definition) is 4. The zero-order valence-electron chi connectivity index (χ0n) is 9.49. The van der Waals surface area contributed by atoms with Crippen LogP contribution in [0.5, 0.6) is 0 Å². The van der Waals surface area contributed by atoms with Gasteiger partial charge in [-0.2, -0.15) is 5.10 Å². The third kappa shape index (κ3) is 3.06. The predicted octanol–water partition coefficient (Wildman–Crippen LogP) is 2.03. The van der Waals surface area contributed by atoms with E-state index in [0.29, 0.717) is 11.2 Å². The first-order chi connectivity index (χ1) is 7.75. The highest BCUT2D eigenvalue weighted by Crippen LogP contribution is 2.13. The summed E-state index contributed by atoms with van der Waals surface area (Å²) in [5.41, 5.74) is 0.936. The molecule has 2 heterocycles. The molecule has 1 aromatic rings. The van der Waals surface area contributed by atoms with Gasteiger partial charge in [0.2, 0.25) is 0 Å². The van der Waals surface area contributed by atoms with E-state index in [-0.39, 0.29) is 0 Å². The molecule has 1 aromatic heterocycles. The molecule has 0 aromatic carbocycles. The summed E-state index contributed by atoms with van der Waals surface area (Å²) in [7, 11) is 0. The van der Waals surface area contributed by atoms with Crippen molar-refractivity contribution in [2.24, 2.45) is 0 Å². The number of likely N-dealkylation sites (tertiary alicyclic amines) is 1. The SMILES string of the molecule is CC(CNc1cnnc(Cl)c1)N1CCCC1. The Kier molecular flexibility index (Phi) is 3.96. The molecule has 0 amide bonds. The average molecular weight is 241 g/mol. The minimum atomic E-state index is 0.429. The van der Waals surface area contributed by atoms with Crippen molar-refractivity contribution in [1.29, 1.82) is 0 Å². The number of nitrogens with zero attached hydrogens (tertiary/aromatic N) is 3. The minimum Gasteiger partial charge on any atom is -0.382 e. The van der Waals surface area contributed by atoms with Gasteiger partial charge in [-0.25, -0.2) is 0 Å². The highest BCUT2D eigenvalue weighted by molar-refractivity contribution is 6.29. The van der Waals surface area contributed by atoms with Crippen LogP contribution < -0.4 is 5.32 Å². The second-order valence-electron chi connectivity index (χ2n) is 4.24. The van der Waals surface area contributed by atoms with E-state index in [1.165, 1.54) is 25.9 Å². The van der Waals surface area contributed by atoms with Crippen LogP contribution in [0.1, 0.15) is 19.8 Å². The molecule has 0 aliphatic carbocycles. The molecule has 1 fully saturated rings. The molecular formula is C11H17ClN4. The van der Waals surface area contributed by atoms with E-state index in [2.05, 4.69) is 27.3 Å². The van der Waals surface area contributed by atoms with Gasteiger partial charge < -0.3 is 5.32 Å². The van der Waals surface area contributed by atoms with Crippen molar-refractivity contribution in [1.82, 2.24) is 15.1 Å². The van der Waals surface area contributed by atoms with Gasteiger partial charge in [-0.05, 0) is 32.9 Å². The molecule has 2 rings (SSSR count). The number of rotatable bonds is 4. The van der Waals surface area contributed by atoms with E-state index < -0.39 is 0 Å². The van der Waals surface area contributed by atoms with Gasteiger partial charge in [-0.15, -0.1) is 5.10 Å². The van der Waals surface area contributed by atoms with E-state index in [0.717, 1.165) is 12.2 Å². The lowest BCUT2D eigenvalue weighted by Gasteiger charge is -2.24. The van der Waals surface area contributed by atoms with E-state index in [9.17, 15) is 0 Å². The normalized spacial score (nSPS) is 18.6. The first-order valence-corrected chi connectivity index (χ1v) is 6.09. The topological polar surface area (TPSA) is 41.1 Å². The van der Waals surface area contributed by atoms with Gasteiger partial charge in [-0.3, -0.25) is 4.90 Å². The van der Waals surface area contributed by atoms with Crippen LogP contribution in [0.25, 0.3) is 0 Å². The third-order valence-corrected chi connectivity index (χ3v) is 3.17. The van der Waals surface area contributed by atoms with Gasteiger partial charge in [0.15, 0.2) is 5.15 Å². The summed E-state index contributed by atoms with van der Waals surface area (Å²) < 4.78 is 0. The molecule has 1 aliphatic rings. The van der Waals surface area contributed by atoms with Gasteiger partial charge in [-0.1, -0.05) is 11.6 Å². The van der Waals surface area contributed by atoms with Crippen molar-refractivity contribution >= 4 is 17.3 Å². The number of aromatic nitrogens is 2. The molecule has 1 unspecified atom stereocenters. The Morgan fingerprint density at radius 2 is 2.25 bits per heavy atom. The Morgan fingerprint density at radius 3 is 2.94 bits per heavy atom. The van der Waals surface area contributed by atoms with Crippen LogP contribution in [0.4, 0.5) is 5.69 Å². The Balaban J connectivity index is 1.82. The van der Waals surface area contributed by atoms with Crippen LogP contribution >= 0.6 is 11.6 Å². The van der Waals surface area contributed by atoms with Gasteiger partial charge in [0.1, 0.15) is 0 Å². The fourth-order valence-corrected chi connectivity index (χ4v) is 2.18. The number of hydrogen-bond donors (Lipinski definition) is 1. The van der Waals surface area contributed by atoms with E-state index in [4.69, 9.17) is 11.6 Å². The number of nitrogens with one attached hydrogen (secondary N) is 1. The highest BCUT2D eigenvalue weighted by Gasteiger charge is 2.17. The molecule has 1 saturated heterocycles. The van der Waals surface area contributed by atoms with Crippen LogP contribution in [-0.4, -0.2) is 40.8 Å². The monoisotopic (exact) mass is 240 g/mol. The maximum absolute atomic E-state index is 5.76. The number of halogens is 1. The van der Waals surface area contributed by atoms with Crippen molar-refractivity contribution in [3.8, 4) is 0 Å². The van der Waals surface area contributed by atoms with Crippen molar-refractivity contribution in [3.63, 3.8) is 0 Å². The molecule has 16 heavy (non-hydrogen) atoms. The Hall–Kier alpha value is -0.870. The third-order valence-electron chi connectivity index (χ3n) is 2.99. The molecular weight excluding hydrogens is 224 g/mol. The van der Waals surface area contributed by atoms with Crippen molar-refractivity contribution in [2.75, 3.05) is 25.0 Å². The molecule has 1 N–H and O–H groups in total. The van der Waals surface area contributed by atoms with Crippen molar-refractivity contribution in [2.45, 2.75) is 25.8 Å². The highest BCUT2D eigenvalue weighted by atomic mass is 35.5. The van der Waals surface area contributed by atoms with Gasteiger partial charge in [0.25, 0.3) is 0 Å². The van der Waals surface area contributed by atoms with E-state index in [1.54, 1.807) is 12.3 Å². The first kappa shape index (κ1) is 11.6. The smallest absolute Gasteiger partial charge is 0.153 e. The van der Waals surface area contributed by atoms with Crippen LogP contribution in [0.3, 0.4) is 0 Å². The van der Waals surface area contributed by atoms with Crippen LogP contribution in [0.15, 0.2) is 12.3 Å². The van der Waals surface area contributed by atoms with E-state index in [1.807, 2.05) is 0 Å². The maximum atomic E-state index is 5.76. The fourth-order valence-electron chi connectivity index (χ4n) is 2.01. The molecule has 5 heteroatoms. The van der Waals surface area contributed by atoms with Gasteiger partial charge in [0, 0.05) is 18.7 Å². The van der Waals surface area contributed by atoms with Crippen molar-refractivity contribution < 1.29 is 0 Å². The lowest BCUT2D eigenvalue weighted by Crippen LogP contribution is -2.35. The molecule has 1 atom stereocenters. The molecule has 0 radical (unpaired) electrons. The molecule has 88 valence electrons. The van der Waals surface area contributed by atoms with Crippen LogP contribution in [0.2, 0.25) is 5.15 Å². The average Bonchev–Trinajstić information content (AvgIpc) is 2.79. The van der Waals surface area contributed by atoms with Gasteiger partial charge in [0.05, 0.1) is 11.9 Å². The summed E-state index contributed by atoms with van der Waals surface area (Å²) in [5.74, 6) is 0. The molecule has 0 bridgehead atoms. The molecule has 0 saturated carbocycles. The molecule has 4 nitrogen and oxygen atoms in total. The lowest BCUT2D eigenvalue weighted by atomic mass is 10.3. The van der Waals surface area contributed by atoms with Crippen LogP contribution in [0, 0.1) is 0 Å². The second-order valence-corrected chi connectivity index (χ2v) is 4.63. The summed E-state index contributed by atoms with van der Waals surface area (Å²) >= 11 is 5.76. The molecule has 0 spiro atoms. The van der Waals surface area contributed by atoms with Crippen molar-refractivity contribution in [3.05, 3.63) is 17.4 Å². The Labute approximate surface area is 101 Å². The van der Waals surface area contributed by atoms with Gasteiger partial charge >= 0.3 is 0 Å². The summed E-state index contributed by atoms with van der Waals surface area (Å²) in [6, 6.07) is 2.35. The Morgan fingerprint density at radius 1 is 1.50 bits per heavy atom.